The second-order valence-electron chi connectivity index (χ2n) is 6.23. The number of aromatic nitrogens is 4. The maximum Gasteiger partial charge on any atom is 0.180 e. The Morgan fingerprint density at radius 1 is 1.26 bits per heavy atom. The number of hydrogen-bond donors (Lipinski definition) is 1. The van der Waals surface area contributed by atoms with Crippen LogP contribution in [0.5, 0.6) is 0 Å². The van der Waals surface area contributed by atoms with Crippen LogP contribution in [-0.2, 0) is 12.8 Å². The monoisotopic (exact) mass is 325 g/mol. The van der Waals surface area contributed by atoms with Crippen LogP contribution in [0.2, 0.25) is 0 Å². The predicted molar refractivity (Wildman–Crippen MR) is 93.5 cm³/mol. The Bertz CT molecular complexity index is 873. The molecule has 118 valence electrons. The summed E-state index contributed by atoms with van der Waals surface area (Å²) in [5.74, 6) is 0. The van der Waals surface area contributed by atoms with Gasteiger partial charge in [0.25, 0.3) is 0 Å². The zero-order valence-corrected chi connectivity index (χ0v) is 14.3. The maximum atomic E-state index is 5.94. The molecule has 5 nitrogen and oxygen atoms in total. The lowest BCUT2D eigenvalue weighted by Gasteiger charge is -2.15. The van der Waals surface area contributed by atoms with Crippen molar-refractivity contribution in [3.8, 4) is 21.8 Å². The molecule has 0 aromatic carbocycles. The van der Waals surface area contributed by atoms with Gasteiger partial charge in [0.2, 0.25) is 0 Å². The van der Waals surface area contributed by atoms with Gasteiger partial charge in [0, 0.05) is 29.1 Å². The van der Waals surface area contributed by atoms with Crippen molar-refractivity contribution in [2.24, 2.45) is 0 Å². The van der Waals surface area contributed by atoms with Crippen LogP contribution in [0.15, 0.2) is 18.3 Å². The number of nitrogens with two attached hydrogens (primary N) is 1. The number of rotatable bonds is 2. The summed E-state index contributed by atoms with van der Waals surface area (Å²) in [4.78, 5) is 10.1. The average Bonchev–Trinajstić information content (AvgIpc) is 3.07. The number of hydrogen-bond acceptors (Lipinski definition) is 5. The molecular weight excluding hydrogens is 306 g/mol. The van der Waals surface area contributed by atoms with Crippen LogP contribution < -0.4 is 5.73 Å². The highest BCUT2D eigenvalue weighted by Crippen LogP contribution is 2.43. The molecule has 0 atom stereocenters. The molecule has 4 rings (SSSR count). The molecule has 0 radical (unpaired) electrons. The van der Waals surface area contributed by atoms with Gasteiger partial charge in [-0.05, 0) is 45.7 Å². The lowest BCUT2D eigenvalue weighted by atomic mass is 9.95. The molecular formula is C17H19N5S. The van der Waals surface area contributed by atoms with Gasteiger partial charge in [-0.15, -0.1) is 0 Å². The van der Waals surface area contributed by atoms with Crippen LogP contribution in [0, 0.1) is 6.92 Å². The molecule has 1 aliphatic carbocycles. The van der Waals surface area contributed by atoms with Crippen LogP contribution in [0.3, 0.4) is 0 Å². The fraction of sp³-hybridized carbons (Fsp3) is 0.353. The molecule has 0 unspecified atom stereocenters. The van der Waals surface area contributed by atoms with Gasteiger partial charge >= 0.3 is 0 Å². The Labute approximate surface area is 139 Å². The van der Waals surface area contributed by atoms with Crippen molar-refractivity contribution in [2.75, 3.05) is 5.73 Å². The summed E-state index contributed by atoms with van der Waals surface area (Å²) < 4.78 is 2.11. The Hall–Kier alpha value is -2.21. The van der Waals surface area contributed by atoms with Crippen LogP contribution in [0.4, 0.5) is 5.13 Å². The Morgan fingerprint density at radius 2 is 2.09 bits per heavy atom. The Kier molecular flexibility index (Phi) is 3.23. The predicted octanol–water partition coefficient (Wildman–Crippen LogP) is 3.64. The van der Waals surface area contributed by atoms with Crippen LogP contribution in [0.1, 0.15) is 36.8 Å². The first kappa shape index (κ1) is 14.4. The number of pyridine rings is 1. The van der Waals surface area contributed by atoms with Gasteiger partial charge < -0.3 is 5.73 Å². The van der Waals surface area contributed by atoms with Crippen molar-refractivity contribution in [2.45, 2.75) is 39.7 Å². The standard InChI is InChI=1S/C17H19N5S/c1-9(2)22-15-12(6-7-13-16(15)23-17(18)20-13)14(21-22)11-5-4-10(3)19-8-11/h4-5,8-9H,6-7H2,1-3H3,(H2,18,20). The molecule has 23 heavy (non-hydrogen) atoms. The smallest absolute Gasteiger partial charge is 0.180 e. The zero-order valence-electron chi connectivity index (χ0n) is 13.5. The number of thiazole rings is 1. The Balaban J connectivity index is 1.96. The lowest BCUT2D eigenvalue weighted by Crippen LogP contribution is -2.08. The molecule has 1 aliphatic rings. The van der Waals surface area contributed by atoms with Crippen molar-refractivity contribution < 1.29 is 0 Å². The summed E-state index contributed by atoms with van der Waals surface area (Å²) in [6.45, 7) is 6.31. The van der Waals surface area contributed by atoms with Gasteiger partial charge in [-0.3, -0.25) is 9.67 Å². The average molecular weight is 325 g/mol. The molecule has 2 N–H and O–H groups in total. The number of aryl methyl sites for hydroxylation is 2. The summed E-state index contributed by atoms with van der Waals surface area (Å²) in [5, 5.41) is 5.55. The number of nitrogens with zero attached hydrogens (tertiary/aromatic N) is 4. The molecule has 3 aromatic heterocycles. The maximum absolute atomic E-state index is 5.94. The number of anilines is 1. The fourth-order valence-electron chi connectivity index (χ4n) is 3.13. The van der Waals surface area contributed by atoms with E-state index in [1.165, 1.54) is 16.1 Å². The van der Waals surface area contributed by atoms with Gasteiger partial charge in [-0.25, -0.2) is 4.98 Å². The third-order valence-corrected chi connectivity index (χ3v) is 5.16. The highest BCUT2D eigenvalue weighted by molar-refractivity contribution is 7.18. The summed E-state index contributed by atoms with van der Waals surface area (Å²) in [7, 11) is 0. The van der Waals surface area contributed by atoms with Crippen molar-refractivity contribution >= 4 is 16.5 Å². The van der Waals surface area contributed by atoms with E-state index in [0.717, 1.165) is 35.5 Å². The molecule has 0 saturated carbocycles. The van der Waals surface area contributed by atoms with Gasteiger partial charge in [0.15, 0.2) is 5.13 Å². The highest BCUT2D eigenvalue weighted by Gasteiger charge is 2.29. The van der Waals surface area contributed by atoms with Crippen LogP contribution in [0.25, 0.3) is 21.8 Å². The minimum atomic E-state index is 0.283. The quantitative estimate of drug-likeness (QED) is 0.781. The van der Waals surface area contributed by atoms with Gasteiger partial charge in [-0.2, -0.15) is 5.10 Å². The minimum Gasteiger partial charge on any atom is -0.375 e. The van der Waals surface area contributed by atoms with Crippen LogP contribution >= 0.6 is 11.3 Å². The molecule has 3 aromatic rings. The zero-order chi connectivity index (χ0) is 16.1. The van der Waals surface area contributed by atoms with Crippen molar-refractivity contribution in [3.05, 3.63) is 35.3 Å². The minimum absolute atomic E-state index is 0.283. The molecule has 0 fully saturated rings. The van der Waals surface area contributed by atoms with Gasteiger partial charge in [0.05, 0.1) is 22.0 Å². The first-order valence-corrected chi connectivity index (χ1v) is 8.66. The summed E-state index contributed by atoms with van der Waals surface area (Å²) in [6.07, 6.45) is 3.78. The first-order valence-electron chi connectivity index (χ1n) is 7.84. The molecule has 3 heterocycles. The highest BCUT2D eigenvalue weighted by atomic mass is 32.1. The van der Waals surface area contributed by atoms with E-state index in [2.05, 4.69) is 34.6 Å². The summed E-state index contributed by atoms with van der Waals surface area (Å²) in [6, 6.07) is 4.42. The van der Waals surface area contributed by atoms with E-state index < -0.39 is 0 Å². The van der Waals surface area contributed by atoms with E-state index in [1.54, 1.807) is 11.3 Å². The largest absolute Gasteiger partial charge is 0.375 e. The molecule has 0 bridgehead atoms. The van der Waals surface area contributed by atoms with E-state index >= 15 is 0 Å². The van der Waals surface area contributed by atoms with Gasteiger partial charge in [-0.1, -0.05) is 11.3 Å². The Morgan fingerprint density at radius 3 is 2.78 bits per heavy atom. The molecule has 0 spiro atoms. The topological polar surface area (TPSA) is 69.6 Å². The van der Waals surface area contributed by atoms with Crippen LogP contribution in [-0.4, -0.2) is 19.7 Å². The molecule has 6 heteroatoms. The number of nitrogen functional groups attached to an aromatic ring is 1. The molecule has 0 saturated heterocycles. The van der Waals surface area contributed by atoms with E-state index in [-0.39, 0.29) is 6.04 Å². The third kappa shape index (κ3) is 2.25. The fourth-order valence-corrected chi connectivity index (χ4v) is 4.07. The lowest BCUT2D eigenvalue weighted by molar-refractivity contribution is 0.539. The van der Waals surface area contributed by atoms with E-state index in [4.69, 9.17) is 10.8 Å². The first-order chi connectivity index (χ1) is 11.0. The summed E-state index contributed by atoms with van der Waals surface area (Å²) in [5.41, 5.74) is 12.7. The second-order valence-corrected chi connectivity index (χ2v) is 7.26. The molecule has 0 aliphatic heterocycles. The van der Waals surface area contributed by atoms with Crippen molar-refractivity contribution in [1.82, 2.24) is 19.7 Å². The SMILES string of the molecule is Cc1ccc(-c2nn(C(C)C)c3c2CCc2nc(N)sc2-3)cn1. The molecule has 0 amide bonds. The van der Waals surface area contributed by atoms with Crippen molar-refractivity contribution in [3.63, 3.8) is 0 Å². The summed E-state index contributed by atoms with van der Waals surface area (Å²) >= 11 is 1.57. The van der Waals surface area contributed by atoms with Crippen molar-refractivity contribution in [1.29, 1.82) is 0 Å². The van der Waals surface area contributed by atoms with E-state index in [0.29, 0.717) is 5.13 Å². The van der Waals surface area contributed by atoms with Gasteiger partial charge in [0.1, 0.15) is 0 Å². The van der Waals surface area contributed by atoms with E-state index in [1.807, 2.05) is 19.2 Å². The second kappa shape index (κ2) is 5.16. The van der Waals surface area contributed by atoms with E-state index in [9.17, 15) is 0 Å². The number of fused-ring (bicyclic) bond motifs is 3. The third-order valence-electron chi connectivity index (χ3n) is 4.22. The normalized spacial score (nSPS) is 13.2.